The van der Waals surface area contributed by atoms with Crippen LogP contribution in [-0.2, 0) is 38.1 Å². The Balaban J connectivity index is 4.31. The Morgan fingerprint density at radius 2 is 1.53 bits per heavy atom. The highest BCUT2D eigenvalue weighted by Crippen LogP contribution is 2.21. The van der Waals surface area contributed by atoms with Crippen molar-refractivity contribution in [2.75, 3.05) is 26.4 Å². The highest BCUT2D eigenvalue weighted by molar-refractivity contribution is 5.77. The number of unbranched alkanes of at least 4 members (excludes halogenated alkanes) is 3. The zero-order valence-corrected chi connectivity index (χ0v) is 20.0. The van der Waals surface area contributed by atoms with Crippen molar-refractivity contribution in [3.63, 3.8) is 0 Å². The summed E-state index contributed by atoms with van der Waals surface area (Å²) in [5, 5.41) is 8.69. The summed E-state index contributed by atoms with van der Waals surface area (Å²) in [4.78, 5) is 46.2. The fourth-order valence-electron chi connectivity index (χ4n) is 2.35. The van der Waals surface area contributed by atoms with Gasteiger partial charge in [-0.05, 0) is 39.5 Å². The Labute approximate surface area is 191 Å². The van der Waals surface area contributed by atoms with Gasteiger partial charge in [-0.2, -0.15) is 0 Å². The molecule has 1 atom stereocenters. The maximum Gasteiger partial charge on any atom is 0.311 e. The summed E-state index contributed by atoms with van der Waals surface area (Å²) >= 11 is 0. The van der Waals surface area contributed by atoms with Gasteiger partial charge in [-0.3, -0.25) is 19.2 Å². The minimum absolute atomic E-state index is 0.0255. The lowest BCUT2D eigenvalue weighted by Crippen LogP contribution is -2.33. The van der Waals surface area contributed by atoms with Gasteiger partial charge in [-0.1, -0.05) is 26.7 Å². The van der Waals surface area contributed by atoms with Crippen LogP contribution in [0.1, 0.15) is 85.5 Å². The molecule has 0 bridgehead atoms. The summed E-state index contributed by atoms with van der Waals surface area (Å²) in [6.07, 6.45) is 3.59. The number of hydrogen-bond acceptors (Lipinski definition) is 8. The minimum atomic E-state index is -1.10. The second-order valence-corrected chi connectivity index (χ2v) is 8.30. The summed E-state index contributed by atoms with van der Waals surface area (Å²) in [7, 11) is 0. The van der Waals surface area contributed by atoms with E-state index in [4.69, 9.17) is 24.1 Å². The van der Waals surface area contributed by atoms with Crippen LogP contribution in [0.3, 0.4) is 0 Å². The molecule has 9 nitrogen and oxygen atoms in total. The van der Waals surface area contributed by atoms with Crippen molar-refractivity contribution in [2.24, 2.45) is 5.41 Å². The highest BCUT2D eigenvalue weighted by atomic mass is 16.6. The number of esters is 3. The van der Waals surface area contributed by atoms with Crippen LogP contribution >= 0.6 is 0 Å². The van der Waals surface area contributed by atoms with E-state index in [1.165, 1.54) is 0 Å². The van der Waals surface area contributed by atoms with Crippen LogP contribution in [0.5, 0.6) is 0 Å². The van der Waals surface area contributed by atoms with Crippen LogP contribution in [0.4, 0.5) is 0 Å². The first-order chi connectivity index (χ1) is 15.1. The Morgan fingerprint density at radius 3 is 2.16 bits per heavy atom. The van der Waals surface area contributed by atoms with Crippen LogP contribution in [0, 0.1) is 5.41 Å². The predicted molar refractivity (Wildman–Crippen MR) is 117 cm³/mol. The third-order valence-corrected chi connectivity index (χ3v) is 4.91. The van der Waals surface area contributed by atoms with E-state index in [0.29, 0.717) is 38.9 Å². The van der Waals surface area contributed by atoms with Gasteiger partial charge >= 0.3 is 23.9 Å². The molecule has 0 amide bonds. The van der Waals surface area contributed by atoms with Gasteiger partial charge in [0.15, 0.2) is 6.10 Å². The van der Waals surface area contributed by atoms with Crippen molar-refractivity contribution >= 4 is 23.9 Å². The van der Waals surface area contributed by atoms with Gasteiger partial charge in [0.1, 0.15) is 6.61 Å². The van der Waals surface area contributed by atoms with Gasteiger partial charge in [0, 0.05) is 13.0 Å². The first-order valence-corrected chi connectivity index (χ1v) is 11.4. The summed E-state index contributed by atoms with van der Waals surface area (Å²) < 4.78 is 21.2. The number of carbonyl (C=O) groups excluding carboxylic acids is 3. The summed E-state index contributed by atoms with van der Waals surface area (Å²) in [6.45, 7) is 8.15. The normalized spacial score (nSPS) is 12.1. The van der Waals surface area contributed by atoms with Crippen molar-refractivity contribution in [1.82, 2.24) is 0 Å². The van der Waals surface area contributed by atoms with Crippen molar-refractivity contribution in [3.8, 4) is 0 Å². The Bertz CT molecular complexity index is 572. The number of rotatable bonds is 19. The molecule has 0 aliphatic rings. The molecule has 0 radical (unpaired) electrons. The number of carboxylic acids is 1. The van der Waals surface area contributed by atoms with E-state index in [0.717, 1.165) is 19.3 Å². The molecule has 0 aromatic rings. The molecule has 0 aromatic heterocycles. The van der Waals surface area contributed by atoms with Gasteiger partial charge in [0.05, 0.1) is 31.5 Å². The molecule has 9 heteroatoms. The smallest absolute Gasteiger partial charge is 0.311 e. The van der Waals surface area contributed by atoms with Crippen LogP contribution in [0.2, 0.25) is 0 Å². The summed E-state index contributed by atoms with van der Waals surface area (Å²) in [5.41, 5.74) is -0.656. The zero-order chi connectivity index (χ0) is 24.4. The Hall–Kier alpha value is -2.16. The molecule has 32 heavy (non-hydrogen) atoms. The lowest BCUT2D eigenvalue weighted by molar-refractivity contribution is -0.168. The molecule has 186 valence electrons. The number of aliphatic carboxylic acids is 1. The number of ether oxygens (including phenoxy) is 4. The highest BCUT2D eigenvalue weighted by Gasteiger charge is 2.28. The molecule has 1 N–H and O–H groups in total. The number of carboxylic acid groups (broad SMARTS) is 1. The molecule has 0 aliphatic carbocycles. The molecular weight excluding hydrogens is 420 g/mol. The second-order valence-electron chi connectivity index (χ2n) is 8.30. The quantitative estimate of drug-likeness (QED) is 0.175. The van der Waals surface area contributed by atoms with Crippen LogP contribution in [0.15, 0.2) is 0 Å². The SMILES string of the molecule is CCCCOC(=O)CCCCCOCC(COC(=O)C(C)(C)CC)OC(=O)CCC(=O)O. The fourth-order valence-corrected chi connectivity index (χ4v) is 2.35. The zero-order valence-electron chi connectivity index (χ0n) is 20.0. The van der Waals surface area contributed by atoms with Crippen molar-refractivity contribution in [2.45, 2.75) is 91.6 Å². The minimum Gasteiger partial charge on any atom is -0.481 e. The van der Waals surface area contributed by atoms with Crippen LogP contribution < -0.4 is 0 Å². The maximum atomic E-state index is 12.2. The van der Waals surface area contributed by atoms with Crippen molar-refractivity contribution < 1.29 is 43.2 Å². The van der Waals surface area contributed by atoms with E-state index in [2.05, 4.69) is 0 Å². The molecular formula is C23H40O9. The first kappa shape index (κ1) is 29.8. The Kier molecular flexibility index (Phi) is 16.2. The first-order valence-electron chi connectivity index (χ1n) is 11.4. The van der Waals surface area contributed by atoms with Crippen molar-refractivity contribution in [1.29, 1.82) is 0 Å². The van der Waals surface area contributed by atoms with E-state index in [1.807, 2.05) is 13.8 Å². The lowest BCUT2D eigenvalue weighted by Gasteiger charge is -2.23. The van der Waals surface area contributed by atoms with Gasteiger partial charge in [-0.15, -0.1) is 0 Å². The van der Waals surface area contributed by atoms with Gasteiger partial charge < -0.3 is 24.1 Å². The van der Waals surface area contributed by atoms with Crippen molar-refractivity contribution in [3.05, 3.63) is 0 Å². The topological polar surface area (TPSA) is 125 Å². The number of hydrogen-bond donors (Lipinski definition) is 1. The van der Waals surface area contributed by atoms with Crippen LogP contribution in [-0.4, -0.2) is 61.5 Å². The molecule has 0 rings (SSSR count). The standard InChI is InChI=1S/C23H40O9/c1-5-7-15-30-20(26)11-9-8-10-14-29-16-18(32-21(27)13-12-19(24)25)17-31-22(28)23(3,4)6-2/h18H,5-17H2,1-4H3,(H,24,25). The average Bonchev–Trinajstić information content (AvgIpc) is 2.74. The van der Waals surface area contributed by atoms with E-state index < -0.39 is 29.4 Å². The predicted octanol–water partition coefficient (Wildman–Crippen LogP) is 3.66. The van der Waals surface area contributed by atoms with E-state index in [9.17, 15) is 19.2 Å². The average molecular weight is 461 g/mol. The molecule has 0 spiro atoms. The third kappa shape index (κ3) is 15.6. The molecule has 0 aromatic carbocycles. The van der Waals surface area contributed by atoms with Gasteiger partial charge in [0.2, 0.25) is 0 Å². The number of carbonyl (C=O) groups is 4. The maximum absolute atomic E-state index is 12.2. The molecule has 0 heterocycles. The third-order valence-electron chi connectivity index (χ3n) is 4.91. The molecule has 0 fully saturated rings. The summed E-state index contributed by atoms with van der Waals surface area (Å²) in [6, 6.07) is 0. The fraction of sp³-hybridized carbons (Fsp3) is 0.826. The molecule has 0 saturated carbocycles. The lowest BCUT2D eigenvalue weighted by atomic mass is 9.91. The molecule has 0 aliphatic heterocycles. The monoisotopic (exact) mass is 460 g/mol. The second kappa shape index (κ2) is 17.4. The van der Waals surface area contributed by atoms with E-state index >= 15 is 0 Å². The van der Waals surface area contributed by atoms with E-state index in [1.54, 1.807) is 13.8 Å². The van der Waals surface area contributed by atoms with Crippen LogP contribution in [0.25, 0.3) is 0 Å². The largest absolute Gasteiger partial charge is 0.481 e. The summed E-state index contributed by atoms with van der Waals surface area (Å²) in [5.74, 6) is -2.38. The molecule has 1 unspecified atom stereocenters. The van der Waals surface area contributed by atoms with Gasteiger partial charge in [-0.25, -0.2) is 0 Å². The van der Waals surface area contributed by atoms with E-state index in [-0.39, 0.29) is 32.0 Å². The van der Waals surface area contributed by atoms with Gasteiger partial charge in [0.25, 0.3) is 0 Å². The molecule has 0 saturated heterocycles. The Morgan fingerprint density at radius 1 is 0.812 bits per heavy atom.